The Morgan fingerprint density at radius 3 is 2.39 bits per heavy atom. The molecule has 11 heteroatoms. The quantitative estimate of drug-likeness (QED) is 0.589. The Morgan fingerprint density at radius 1 is 1.06 bits per heavy atom. The van der Waals surface area contributed by atoms with Crippen molar-refractivity contribution in [1.82, 2.24) is 13.4 Å². The van der Waals surface area contributed by atoms with Crippen LogP contribution in [-0.2, 0) is 21.4 Å². The molecule has 1 aromatic heterocycles. The zero-order chi connectivity index (χ0) is 23.9. The molecule has 1 saturated heterocycles. The number of hydrogen-bond acceptors (Lipinski definition) is 4. The number of amides is 1. The van der Waals surface area contributed by atoms with Crippen molar-refractivity contribution in [3.05, 3.63) is 58.5 Å². The molecule has 1 aliphatic rings. The van der Waals surface area contributed by atoms with Gasteiger partial charge in [0, 0.05) is 25.2 Å². The number of benzene rings is 2. The maximum atomic E-state index is 13.9. The fraction of sp³-hybridized carbons (Fsp3) is 0.364. The third-order valence-electron chi connectivity index (χ3n) is 5.66. The van der Waals surface area contributed by atoms with E-state index in [1.807, 2.05) is 0 Å². The van der Waals surface area contributed by atoms with E-state index in [1.165, 1.54) is 21.0 Å². The fourth-order valence-electron chi connectivity index (χ4n) is 4.07. The average Bonchev–Trinajstić information content (AvgIpc) is 3.38. The van der Waals surface area contributed by atoms with Gasteiger partial charge in [-0.25, -0.2) is 22.0 Å². The number of rotatable bonds is 6. The Balaban J connectivity index is 1.75. The lowest BCUT2D eigenvalue weighted by Gasteiger charge is -2.16. The van der Waals surface area contributed by atoms with E-state index in [0.29, 0.717) is 24.7 Å². The summed E-state index contributed by atoms with van der Waals surface area (Å²) in [5.74, 6) is -2.44. The second kappa shape index (κ2) is 8.71. The molecule has 33 heavy (non-hydrogen) atoms. The van der Waals surface area contributed by atoms with Gasteiger partial charge in [-0.3, -0.25) is 13.9 Å². The molecule has 0 radical (unpaired) electrons. The molecule has 0 saturated carbocycles. The second-order valence-electron chi connectivity index (χ2n) is 8.27. The van der Waals surface area contributed by atoms with Crippen molar-refractivity contribution in [3.8, 4) is 0 Å². The van der Waals surface area contributed by atoms with E-state index in [0.717, 1.165) is 29.5 Å². The smallest absolute Gasteiger partial charge is 0.322 e. The minimum Gasteiger partial charge on any atom is -0.322 e. The summed E-state index contributed by atoms with van der Waals surface area (Å²) in [6.45, 7) is 4.00. The number of anilines is 1. The lowest BCUT2D eigenvalue weighted by molar-refractivity contribution is -0.116. The van der Waals surface area contributed by atoms with Gasteiger partial charge in [-0.2, -0.15) is 4.31 Å². The molecule has 1 N–H and O–H groups in total. The molecule has 0 bridgehead atoms. The van der Waals surface area contributed by atoms with Crippen LogP contribution in [0.3, 0.4) is 0 Å². The Morgan fingerprint density at radius 2 is 1.76 bits per heavy atom. The van der Waals surface area contributed by atoms with Gasteiger partial charge >= 0.3 is 5.69 Å². The Kier molecular flexibility index (Phi) is 6.10. The van der Waals surface area contributed by atoms with Crippen LogP contribution in [-0.4, -0.2) is 40.9 Å². The van der Waals surface area contributed by atoms with Crippen molar-refractivity contribution < 1.29 is 22.0 Å². The first-order valence-electron chi connectivity index (χ1n) is 10.6. The molecule has 0 unspecified atom stereocenters. The zero-order valence-corrected chi connectivity index (χ0v) is 19.0. The monoisotopic (exact) mass is 478 g/mol. The lowest BCUT2D eigenvalue weighted by Crippen LogP contribution is -2.30. The lowest BCUT2D eigenvalue weighted by atomic mass is 10.3. The molecule has 0 atom stereocenters. The third kappa shape index (κ3) is 4.30. The minimum absolute atomic E-state index is 0.0385. The fourth-order valence-corrected chi connectivity index (χ4v) is 5.61. The Labute approximate surface area is 189 Å². The summed E-state index contributed by atoms with van der Waals surface area (Å²) in [5.41, 5.74) is 0.0460. The number of nitrogens with one attached hydrogen (secondary N) is 1. The normalized spacial score (nSPS) is 14.9. The SMILES string of the molecule is CC(C)n1c(=O)n(CC(=O)Nc2ccc(F)cc2F)c2cc(S(=O)(=O)N3CCCC3)ccc21. The first kappa shape index (κ1) is 23.1. The highest BCUT2D eigenvalue weighted by molar-refractivity contribution is 7.89. The van der Waals surface area contributed by atoms with E-state index in [9.17, 15) is 26.8 Å². The summed E-state index contributed by atoms with van der Waals surface area (Å²) < 4.78 is 57.1. The molecule has 3 aromatic rings. The number of nitrogens with zero attached hydrogens (tertiary/aromatic N) is 3. The first-order valence-corrected chi connectivity index (χ1v) is 12.0. The Hall–Kier alpha value is -3.05. The van der Waals surface area contributed by atoms with Crippen LogP contribution in [0.2, 0.25) is 0 Å². The van der Waals surface area contributed by atoms with Crippen LogP contribution in [0.25, 0.3) is 11.0 Å². The number of imidazole rings is 1. The van der Waals surface area contributed by atoms with Crippen LogP contribution in [0.4, 0.5) is 14.5 Å². The predicted octanol–water partition coefficient (Wildman–Crippen LogP) is 3.09. The second-order valence-corrected chi connectivity index (χ2v) is 10.2. The van der Waals surface area contributed by atoms with Crippen molar-refractivity contribution >= 4 is 32.7 Å². The highest BCUT2D eigenvalue weighted by atomic mass is 32.2. The van der Waals surface area contributed by atoms with E-state index in [-0.39, 0.29) is 22.1 Å². The molecular weight excluding hydrogens is 454 g/mol. The van der Waals surface area contributed by atoms with Gasteiger partial charge in [0.15, 0.2) is 0 Å². The van der Waals surface area contributed by atoms with Gasteiger partial charge in [-0.05, 0) is 57.0 Å². The van der Waals surface area contributed by atoms with E-state index in [1.54, 1.807) is 19.9 Å². The molecule has 0 aliphatic carbocycles. The van der Waals surface area contributed by atoms with E-state index >= 15 is 0 Å². The van der Waals surface area contributed by atoms with E-state index in [2.05, 4.69) is 5.32 Å². The number of halogens is 2. The van der Waals surface area contributed by atoms with Gasteiger partial charge in [0.25, 0.3) is 0 Å². The van der Waals surface area contributed by atoms with Crippen LogP contribution in [0.5, 0.6) is 0 Å². The van der Waals surface area contributed by atoms with Crippen LogP contribution >= 0.6 is 0 Å². The van der Waals surface area contributed by atoms with Gasteiger partial charge in [0.1, 0.15) is 18.2 Å². The summed E-state index contributed by atoms with van der Waals surface area (Å²) in [7, 11) is -3.73. The molecule has 1 fully saturated rings. The van der Waals surface area contributed by atoms with Crippen molar-refractivity contribution in [2.45, 2.75) is 44.2 Å². The summed E-state index contributed by atoms with van der Waals surface area (Å²) in [4.78, 5) is 25.8. The van der Waals surface area contributed by atoms with Crippen molar-refractivity contribution in [2.75, 3.05) is 18.4 Å². The molecule has 2 heterocycles. The highest BCUT2D eigenvalue weighted by Gasteiger charge is 2.28. The molecular formula is C22H24F2N4O4S. The van der Waals surface area contributed by atoms with Gasteiger partial charge in [-0.15, -0.1) is 0 Å². The number of carbonyl (C=O) groups is 1. The topological polar surface area (TPSA) is 93.4 Å². The standard InChI is InChI=1S/C22H24F2N4O4S/c1-14(2)28-19-8-6-16(33(31,32)26-9-3-4-10-26)12-20(19)27(22(28)30)13-21(29)25-18-7-5-15(23)11-17(18)24/h5-8,11-12,14H,3-4,9-10,13H2,1-2H3,(H,25,29). The molecule has 1 aliphatic heterocycles. The zero-order valence-electron chi connectivity index (χ0n) is 18.2. The van der Waals surface area contributed by atoms with E-state index in [4.69, 9.17) is 0 Å². The molecule has 0 spiro atoms. The molecule has 1 amide bonds. The summed E-state index contributed by atoms with van der Waals surface area (Å²) in [6.07, 6.45) is 1.58. The Bertz CT molecular complexity index is 1390. The molecule has 2 aromatic carbocycles. The number of carbonyl (C=O) groups excluding carboxylic acids is 1. The minimum atomic E-state index is -3.73. The predicted molar refractivity (Wildman–Crippen MR) is 120 cm³/mol. The van der Waals surface area contributed by atoms with Crippen LogP contribution in [0, 0.1) is 11.6 Å². The summed E-state index contributed by atoms with van der Waals surface area (Å²) in [6, 6.07) is 6.91. The maximum Gasteiger partial charge on any atom is 0.329 e. The number of aromatic nitrogens is 2. The number of sulfonamides is 1. The van der Waals surface area contributed by atoms with Gasteiger partial charge in [-0.1, -0.05) is 0 Å². The van der Waals surface area contributed by atoms with Crippen molar-refractivity contribution in [1.29, 1.82) is 0 Å². The summed E-state index contributed by atoms with van der Waals surface area (Å²) >= 11 is 0. The van der Waals surface area contributed by atoms with Crippen LogP contribution in [0.15, 0.2) is 46.1 Å². The third-order valence-corrected chi connectivity index (χ3v) is 7.55. The van der Waals surface area contributed by atoms with Crippen molar-refractivity contribution in [3.63, 3.8) is 0 Å². The highest BCUT2D eigenvalue weighted by Crippen LogP contribution is 2.26. The van der Waals surface area contributed by atoms with E-state index < -0.39 is 39.8 Å². The number of fused-ring (bicyclic) bond motifs is 1. The van der Waals surface area contributed by atoms with Gasteiger partial charge in [0.05, 0.1) is 21.6 Å². The summed E-state index contributed by atoms with van der Waals surface area (Å²) in [5, 5.41) is 2.33. The maximum absolute atomic E-state index is 13.9. The number of hydrogen-bond donors (Lipinski definition) is 1. The van der Waals surface area contributed by atoms with Gasteiger partial charge in [0.2, 0.25) is 15.9 Å². The molecule has 176 valence electrons. The first-order chi connectivity index (χ1) is 15.6. The molecule has 4 rings (SSSR count). The van der Waals surface area contributed by atoms with Crippen LogP contribution in [0.1, 0.15) is 32.7 Å². The van der Waals surface area contributed by atoms with Crippen LogP contribution < -0.4 is 11.0 Å². The van der Waals surface area contributed by atoms with Crippen molar-refractivity contribution in [2.24, 2.45) is 0 Å². The largest absolute Gasteiger partial charge is 0.329 e. The van der Waals surface area contributed by atoms with Gasteiger partial charge < -0.3 is 5.32 Å². The molecule has 8 nitrogen and oxygen atoms in total. The average molecular weight is 479 g/mol.